The first-order chi connectivity index (χ1) is 8.69. The lowest BCUT2D eigenvalue weighted by Crippen LogP contribution is -2.35. The molecule has 1 N–H and O–H groups in total. The van der Waals surface area contributed by atoms with E-state index in [1.165, 1.54) is 12.5 Å². The first kappa shape index (κ1) is 13.8. The van der Waals surface area contributed by atoms with Crippen molar-refractivity contribution < 1.29 is 9.50 Å². The zero-order valence-corrected chi connectivity index (χ0v) is 11.2. The molecule has 4 heteroatoms. The van der Waals surface area contributed by atoms with Crippen molar-refractivity contribution in [1.29, 1.82) is 0 Å². The van der Waals surface area contributed by atoms with Crippen LogP contribution in [0.2, 0.25) is 5.02 Å². The zero-order valence-electron chi connectivity index (χ0n) is 10.4. The number of hydrogen-bond acceptors (Lipinski definition) is 2. The summed E-state index contributed by atoms with van der Waals surface area (Å²) < 4.78 is 13.7. The zero-order chi connectivity index (χ0) is 13.0. The van der Waals surface area contributed by atoms with Gasteiger partial charge in [-0.25, -0.2) is 4.39 Å². The molecule has 1 aliphatic heterocycles. The maximum atomic E-state index is 13.7. The Hall–Kier alpha value is -0.640. The highest BCUT2D eigenvalue weighted by Crippen LogP contribution is 2.22. The quantitative estimate of drug-likeness (QED) is 0.910. The summed E-state index contributed by atoms with van der Waals surface area (Å²) in [7, 11) is 0. The minimum Gasteiger partial charge on any atom is -0.396 e. The molecular weight excluding hydrogens is 253 g/mol. The molecule has 18 heavy (non-hydrogen) atoms. The maximum absolute atomic E-state index is 13.7. The fraction of sp³-hybridized carbons (Fsp3) is 0.571. The lowest BCUT2D eigenvalue weighted by Gasteiger charge is -2.32. The molecular formula is C14H19ClFNO. The fourth-order valence-electron chi connectivity index (χ4n) is 2.60. The van der Waals surface area contributed by atoms with Crippen molar-refractivity contribution in [2.24, 2.45) is 5.92 Å². The van der Waals surface area contributed by atoms with Gasteiger partial charge in [-0.1, -0.05) is 17.7 Å². The Morgan fingerprint density at radius 3 is 3.00 bits per heavy atom. The van der Waals surface area contributed by atoms with Crippen molar-refractivity contribution in [3.8, 4) is 0 Å². The second-order valence-electron chi connectivity index (χ2n) is 4.99. The van der Waals surface area contributed by atoms with E-state index in [-0.39, 0.29) is 12.4 Å². The topological polar surface area (TPSA) is 23.5 Å². The summed E-state index contributed by atoms with van der Waals surface area (Å²) in [6, 6.07) is 4.86. The van der Waals surface area contributed by atoms with Crippen LogP contribution in [0.25, 0.3) is 0 Å². The standard InChI is InChI=1S/C14H19ClFNO/c15-13-4-3-12(14(16)8-13)10-17-6-1-2-11(9-17)5-7-18/h3-4,8,11,18H,1-2,5-7,9-10H2. The molecule has 1 saturated heterocycles. The minimum atomic E-state index is -0.230. The Balaban J connectivity index is 1.96. The average Bonchev–Trinajstić information content (AvgIpc) is 2.34. The van der Waals surface area contributed by atoms with Crippen LogP contribution >= 0.6 is 11.6 Å². The van der Waals surface area contributed by atoms with Gasteiger partial charge in [0.2, 0.25) is 0 Å². The lowest BCUT2D eigenvalue weighted by atomic mass is 9.95. The van der Waals surface area contributed by atoms with Gasteiger partial charge >= 0.3 is 0 Å². The van der Waals surface area contributed by atoms with Crippen LogP contribution in [0.1, 0.15) is 24.8 Å². The van der Waals surface area contributed by atoms with Crippen molar-refractivity contribution >= 4 is 11.6 Å². The van der Waals surface area contributed by atoms with E-state index in [2.05, 4.69) is 4.90 Å². The van der Waals surface area contributed by atoms with Crippen molar-refractivity contribution in [3.05, 3.63) is 34.6 Å². The van der Waals surface area contributed by atoms with Crippen LogP contribution in [-0.4, -0.2) is 29.7 Å². The number of hydrogen-bond donors (Lipinski definition) is 1. The van der Waals surface area contributed by atoms with Gasteiger partial charge in [0.25, 0.3) is 0 Å². The van der Waals surface area contributed by atoms with E-state index in [0.29, 0.717) is 23.0 Å². The molecule has 1 fully saturated rings. The molecule has 0 saturated carbocycles. The Morgan fingerprint density at radius 1 is 1.44 bits per heavy atom. The van der Waals surface area contributed by atoms with E-state index in [0.717, 1.165) is 25.9 Å². The van der Waals surface area contributed by atoms with Crippen LogP contribution in [0.3, 0.4) is 0 Å². The van der Waals surface area contributed by atoms with Crippen LogP contribution in [0.4, 0.5) is 4.39 Å². The van der Waals surface area contributed by atoms with E-state index < -0.39 is 0 Å². The predicted molar refractivity (Wildman–Crippen MR) is 71.1 cm³/mol. The van der Waals surface area contributed by atoms with Gasteiger partial charge in [-0.3, -0.25) is 4.90 Å². The molecule has 1 aliphatic rings. The van der Waals surface area contributed by atoms with Crippen LogP contribution < -0.4 is 0 Å². The average molecular weight is 272 g/mol. The number of halogens is 2. The molecule has 2 rings (SSSR count). The van der Waals surface area contributed by atoms with Crippen LogP contribution in [0.15, 0.2) is 18.2 Å². The number of rotatable bonds is 4. The summed E-state index contributed by atoms with van der Waals surface area (Å²) in [5.74, 6) is 0.311. The maximum Gasteiger partial charge on any atom is 0.129 e. The van der Waals surface area contributed by atoms with Crippen molar-refractivity contribution in [2.75, 3.05) is 19.7 Å². The van der Waals surface area contributed by atoms with Crippen LogP contribution in [0.5, 0.6) is 0 Å². The number of piperidine rings is 1. The molecule has 0 radical (unpaired) electrons. The summed E-state index contributed by atoms with van der Waals surface area (Å²) in [5, 5.41) is 9.41. The minimum absolute atomic E-state index is 0.230. The number of nitrogens with zero attached hydrogens (tertiary/aromatic N) is 1. The van der Waals surface area contributed by atoms with E-state index in [4.69, 9.17) is 16.7 Å². The molecule has 1 aromatic rings. The van der Waals surface area contributed by atoms with Gasteiger partial charge in [0.1, 0.15) is 5.82 Å². The first-order valence-electron chi connectivity index (χ1n) is 6.46. The van der Waals surface area contributed by atoms with Crippen molar-refractivity contribution in [1.82, 2.24) is 4.90 Å². The molecule has 0 amide bonds. The highest BCUT2D eigenvalue weighted by Gasteiger charge is 2.20. The van der Waals surface area contributed by atoms with Crippen molar-refractivity contribution in [3.63, 3.8) is 0 Å². The summed E-state index contributed by atoms with van der Waals surface area (Å²) in [6.07, 6.45) is 3.14. The van der Waals surface area contributed by atoms with Gasteiger partial charge in [0.15, 0.2) is 0 Å². The molecule has 1 heterocycles. The molecule has 0 spiro atoms. The van der Waals surface area contributed by atoms with Crippen LogP contribution in [0, 0.1) is 11.7 Å². The Morgan fingerprint density at radius 2 is 2.28 bits per heavy atom. The van der Waals surface area contributed by atoms with Gasteiger partial charge in [-0.15, -0.1) is 0 Å². The Kier molecular flexibility index (Phi) is 4.98. The first-order valence-corrected chi connectivity index (χ1v) is 6.84. The van der Waals surface area contributed by atoms with Crippen molar-refractivity contribution in [2.45, 2.75) is 25.8 Å². The number of aliphatic hydroxyl groups excluding tert-OH is 1. The third kappa shape index (κ3) is 3.67. The molecule has 0 bridgehead atoms. The molecule has 2 nitrogen and oxygen atoms in total. The van der Waals surface area contributed by atoms with E-state index in [1.54, 1.807) is 12.1 Å². The predicted octanol–water partition coefficient (Wildman–Crippen LogP) is 3.07. The molecule has 1 aromatic carbocycles. The third-order valence-corrected chi connectivity index (χ3v) is 3.78. The molecule has 0 aromatic heterocycles. The van der Waals surface area contributed by atoms with Gasteiger partial charge in [-0.05, 0) is 43.9 Å². The lowest BCUT2D eigenvalue weighted by molar-refractivity contribution is 0.141. The molecule has 0 aliphatic carbocycles. The molecule has 100 valence electrons. The summed E-state index contributed by atoms with van der Waals surface area (Å²) in [6.45, 7) is 2.82. The van der Waals surface area contributed by atoms with Gasteiger partial charge in [0, 0.05) is 30.3 Å². The van der Waals surface area contributed by atoms with E-state index in [9.17, 15) is 4.39 Å². The third-order valence-electron chi connectivity index (χ3n) is 3.55. The normalized spacial score (nSPS) is 21.2. The monoisotopic (exact) mass is 271 g/mol. The summed E-state index contributed by atoms with van der Waals surface area (Å²) in [4.78, 5) is 2.26. The van der Waals surface area contributed by atoms with Gasteiger partial charge in [0.05, 0.1) is 0 Å². The SMILES string of the molecule is OCCC1CCCN(Cc2ccc(Cl)cc2F)C1. The number of aliphatic hydroxyl groups is 1. The van der Waals surface area contributed by atoms with E-state index >= 15 is 0 Å². The molecule has 1 unspecified atom stereocenters. The second-order valence-corrected chi connectivity index (χ2v) is 5.43. The highest BCUT2D eigenvalue weighted by molar-refractivity contribution is 6.30. The smallest absolute Gasteiger partial charge is 0.129 e. The summed E-state index contributed by atoms with van der Waals surface area (Å²) in [5.41, 5.74) is 0.698. The fourth-order valence-corrected chi connectivity index (χ4v) is 2.76. The van der Waals surface area contributed by atoms with Gasteiger partial charge < -0.3 is 5.11 Å². The Labute approximate surface area is 112 Å². The summed E-state index contributed by atoms with van der Waals surface area (Å²) >= 11 is 5.74. The largest absolute Gasteiger partial charge is 0.396 e. The number of likely N-dealkylation sites (tertiary alicyclic amines) is 1. The van der Waals surface area contributed by atoms with Crippen LogP contribution in [-0.2, 0) is 6.54 Å². The number of benzene rings is 1. The van der Waals surface area contributed by atoms with Gasteiger partial charge in [-0.2, -0.15) is 0 Å². The van der Waals surface area contributed by atoms with E-state index in [1.807, 2.05) is 0 Å². The highest BCUT2D eigenvalue weighted by atomic mass is 35.5. The molecule has 1 atom stereocenters. The second kappa shape index (κ2) is 6.50. The Bertz CT molecular complexity index is 397.